The molecule has 0 amide bonds. The number of methoxy groups -OCH3 is 1. The van der Waals surface area contributed by atoms with E-state index >= 15 is 0 Å². The Balaban J connectivity index is 0.00000280. The van der Waals surface area contributed by atoms with Gasteiger partial charge in [-0.3, -0.25) is 0 Å². The Kier molecular flexibility index (Phi) is 8.00. The minimum absolute atomic E-state index is 0. The van der Waals surface area contributed by atoms with E-state index in [1.165, 1.54) is 12.1 Å². The molecular weight excluding hydrogens is 474 g/mol. The van der Waals surface area contributed by atoms with Crippen molar-refractivity contribution < 1.29 is 13.9 Å². The van der Waals surface area contributed by atoms with Gasteiger partial charge in [-0.25, -0.2) is 14.4 Å². The second-order valence-electron chi connectivity index (χ2n) is 5.62. The fourth-order valence-electron chi connectivity index (χ4n) is 2.28. The molecule has 1 heterocycles. The summed E-state index contributed by atoms with van der Waals surface area (Å²) < 4.78 is 23.8. The number of benzene rings is 2. The van der Waals surface area contributed by atoms with Crippen LogP contribution in [0.3, 0.4) is 0 Å². The van der Waals surface area contributed by atoms with Crippen LogP contribution in [0.5, 0.6) is 17.4 Å². The van der Waals surface area contributed by atoms with Gasteiger partial charge in [-0.1, -0.05) is 18.2 Å². The molecule has 3 aromatic rings. The van der Waals surface area contributed by atoms with Crippen LogP contribution in [0.1, 0.15) is 5.56 Å². The van der Waals surface area contributed by atoms with Gasteiger partial charge in [0, 0.05) is 30.1 Å². The zero-order valence-corrected chi connectivity index (χ0v) is 17.5. The van der Waals surface area contributed by atoms with E-state index in [1.54, 1.807) is 31.5 Å². The largest absolute Gasteiger partial charge is 0.497 e. The second kappa shape index (κ2) is 10.5. The highest BCUT2D eigenvalue weighted by Crippen LogP contribution is 2.20. The summed E-state index contributed by atoms with van der Waals surface area (Å²) in [6.45, 7) is 0.357. The van der Waals surface area contributed by atoms with Gasteiger partial charge in [0.1, 0.15) is 17.3 Å². The lowest BCUT2D eigenvalue weighted by Gasteiger charge is -2.08. The van der Waals surface area contributed by atoms with E-state index in [1.807, 2.05) is 30.3 Å². The number of ether oxygens (including phenoxy) is 2. The molecule has 0 aliphatic carbocycles. The number of guanidine groups is 1. The molecule has 3 rings (SSSR count). The van der Waals surface area contributed by atoms with Crippen molar-refractivity contribution in [2.24, 2.45) is 10.7 Å². The molecule has 0 saturated heterocycles. The summed E-state index contributed by atoms with van der Waals surface area (Å²) in [7, 11) is 1.60. The molecule has 28 heavy (non-hydrogen) atoms. The van der Waals surface area contributed by atoms with Crippen molar-refractivity contribution in [2.45, 2.75) is 6.54 Å². The Morgan fingerprint density at radius 1 is 1.11 bits per heavy atom. The maximum absolute atomic E-state index is 13.2. The quantitative estimate of drug-likeness (QED) is 0.298. The highest BCUT2D eigenvalue weighted by Gasteiger charge is 2.02. The summed E-state index contributed by atoms with van der Waals surface area (Å²) in [6.07, 6.45) is 1.64. The monoisotopic (exact) mass is 494 g/mol. The lowest BCUT2D eigenvalue weighted by atomic mass is 10.3. The fourth-order valence-corrected chi connectivity index (χ4v) is 2.28. The Labute approximate surface area is 179 Å². The molecular formula is C20H20FIN4O2. The minimum atomic E-state index is -0.363. The topological polar surface area (TPSA) is 81.8 Å². The Morgan fingerprint density at radius 2 is 1.89 bits per heavy atom. The molecule has 0 aliphatic heterocycles. The predicted molar refractivity (Wildman–Crippen MR) is 118 cm³/mol. The second-order valence-corrected chi connectivity index (χ2v) is 5.62. The highest BCUT2D eigenvalue weighted by atomic mass is 127. The Hall–Kier alpha value is -2.88. The highest BCUT2D eigenvalue weighted by molar-refractivity contribution is 14.0. The van der Waals surface area contributed by atoms with E-state index in [9.17, 15) is 4.39 Å². The zero-order valence-electron chi connectivity index (χ0n) is 15.1. The van der Waals surface area contributed by atoms with Crippen molar-refractivity contribution in [2.75, 3.05) is 12.4 Å². The molecule has 0 spiro atoms. The summed E-state index contributed by atoms with van der Waals surface area (Å²) in [5, 5.41) is 3.00. The Bertz CT molecular complexity index is 935. The number of hydrogen-bond acceptors (Lipinski definition) is 4. The van der Waals surface area contributed by atoms with Gasteiger partial charge in [0.05, 0.1) is 13.7 Å². The van der Waals surface area contributed by atoms with E-state index in [0.29, 0.717) is 18.2 Å². The molecule has 8 heteroatoms. The van der Waals surface area contributed by atoms with Crippen LogP contribution in [-0.4, -0.2) is 18.1 Å². The van der Waals surface area contributed by atoms with Crippen molar-refractivity contribution in [3.8, 4) is 17.4 Å². The standard InChI is InChI=1S/C20H19FN4O2.HI/c1-26-17-6-3-5-16(11-17)25-20(22)24-13-14-8-9-19(23-12-14)27-18-7-2-4-15(21)10-18;/h2-12H,13H2,1H3,(H3,22,24,25);1H. The number of nitrogens with two attached hydrogens (primary N) is 1. The molecule has 0 radical (unpaired) electrons. The van der Waals surface area contributed by atoms with Gasteiger partial charge >= 0.3 is 0 Å². The van der Waals surface area contributed by atoms with Crippen LogP contribution in [0.15, 0.2) is 71.9 Å². The van der Waals surface area contributed by atoms with E-state index in [4.69, 9.17) is 15.2 Å². The number of pyridine rings is 1. The number of nitrogens with zero attached hydrogens (tertiary/aromatic N) is 2. The molecule has 6 nitrogen and oxygen atoms in total. The first-order valence-electron chi connectivity index (χ1n) is 8.22. The first-order chi connectivity index (χ1) is 13.1. The first kappa shape index (κ1) is 21.4. The van der Waals surface area contributed by atoms with Gasteiger partial charge in [0.2, 0.25) is 5.88 Å². The third kappa shape index (κ3) is 6.38. The average molecular weight is 494 g/mol. The fraction of sp³-hybridized carbons (Fsp3) is 0.100. The number of aromatic nitrogens is 1. The van der Waals surface area contributed by atoms with Gasteiger partial charge in [-0.05, 0) is 29.8 Å². The maximum Gasteiger partial charge on any atom is 0.219 e. The summed E-state index contributed by atoms with van der Waals surface area (Å²) in [5.74, 6) is 1.41. The van der Waals surface area contributed by atoms with E-state index < -0.39 is 0 Å². The van der Waals surface area contributed by atoms with Crippen LogP contribution in [0.2, 0.25) is 0 Å². The average Bonchev–Trinajstić information content (AvgIpc) is 2.68. The van der Waals surface area contributed by atoms with E-state index in [0.717, 1.165) is 17.0 Å². The summed E-state index contributed by atoms with van der Waals surface area (Å²) in [4.78, 5) is 8.48. The smallest absolute Gasteiger partial charge is 0.219 e. The van der Waals surface area contributed by atoms with Crippen LogP contribution >= 0.6 is 24.0 Å². The Morgan fingerprint density at radius 3 is 2.61 bits per heavy atom. The molecule has 146 valence electrons. The molecule has 0 unspecified atom stereocenters. The molecule has 1 aromatic heterocycles. The molecule has 0 saturated carbocycles. The van der Waals surface area contributed by atoms with E-state index in [2.05, 4.69) is 15.3 Å². The zero-order chi connectivity index (χ0) is 19.1. The third-order valence-electron chi connectivity index (χ3n) is 3.59. The normalized spacial score (nSPS) is 10.7. The summed E-state index contributed by atoms with van der Waals surface area (Å²) in [5.41, 5.74) is 7.55. The summed E-state index contributed by atoms with van der Waals surface area (Å²) >= 11 is 0. The number of nitrogens with one attached hydrogen (secondary N) is 1. The van der Waals surface area contributed by atoms with Gasteiger partial charge in [-0.2, -0.15) is 0 Å². The van der Waals surface area contributed by atoms with E-state index in [-0.39, 0.29) is 35.8 Å². The van der Waals surface area contributed by atoms with Gasteiger partial charge < -0.3 is 20.5 Å². The number of aliphatic imine (C=N–C) groups is 1. The van der Waals surface area contributed by atoms with Crippen molar-refractivity contribution in [1.29, 1.82) is 0 Å². The SMILES string of the molecule is COc1cccc(NC(N)=NCc2ccc(Oc3cccc(F)c3)nc2)c1.I. The van der Waals surface area contributed by atoms with Gasteiger partial charge in [0.25, 0.3) is 0 Å². The molecule has 3 N–H and O–H groups in total. The number of halogens is 2. The molecule has 0 bridgehead atoms. The van der Waals surface area contributed by atoms with Gasteiger partial charge in [0.15, 0.2) is 5.96 Å². The molecule has 0 fully saturated rings. The van der Waals surface area contributed by atoms with Crippen LogP contribution in [0.25, 0.3) is 0 Å². The number of anilines is 1. The molecule has 0 atom stereocenters. The predicted octanol–water partition coefficient (Wildman–Crippen LogP) is 4.57. The molecule has 2 aromatic carbocycles. The van der Waals surface area contributed by atoms with Crippen LogP contribution < -0.4 is 20.5 Å². The van der Waals surface area contributed by atoms with Crippen molar-refractivity contribution in [3.63, 3.8) is 0 Å². The van der Waals surface area contributed by atoms with Crippen LogP contribution in [0.4, 0.5) is 10.1 Å². The molecule has 0 aliphatic rings. The lowest BCUT2D eigenvalue weighted by Crippen LogP contribution is -2.22. The van der Waals surface area contributed by atoms with Crippen molar-refractivity contribution >= 4 is 35.6 Å². The van der Waals surface area contributed by atoms with Crippen LogP contribution in [-0.2, 0) is 6.54 Å². The first-order valence-corrected chi connectivity index (χ1v) is 8.22. The number of rotatable bonds is 6. The minimum Gasteiger partial charge on any atom is -0.497 e. The van der Waals surface area contributed by atoms with Gasteiger partial charge in [-0.15, -0.1) is 24.0 Å². The summed E-state index contributed by atoms with van der Waals surface area (Å²) in [6, 6.07) is 16.8. The lowest BCUT2D eigenvalue weighted by molar-refractivity contribution is 0.415. The van der Waals surface area contributed by atoms with Crippen molar-refractivity contribution in [1.82, 2.24) is 4.98 Å². The third-order valence-corrected chi connectivity index (χ3v) is 3.59. The maximum atomic E-state index is 13.2. The number of hydrogen-bond donors (Lipinski definition) is 2. The van der Waals surface area contributed by atoms with Crippen molar-refractivity contribution in [3.05, 3.63) is 78.2 Å². The van der Waals surface area contributed by atoms with Crippen LogP contribution in [0, 0.1) is 5.82 Å².